The second-order valence-electron chi connectivity index (χ2n) is 4.00. The Morgan fingerprint density at radius 1 is 1.31 bits per heavy atom. The third-order valence-electron chi connectivity index (χ3n) is 2.64. The van der Waals surface area contributed by atoms with Gasteiger partial charge in [0.2, 0.25) is 0 Å². The van der Waals surface area contributed by atoms with Crippen molar-refractivity contribution in [2.24, 2.45) is 5.92 Å². The quantitative estimate of drug-likeness (QED) is 0.796. The Hall–Kier alpha value is -0.670. The average Bonchev–Trinajstić information content (AvgIpc) is 2.23. The van der Waals surface area contributed by atoms with Crippen molar-refractivity contribution >= 4 is 11.6 Å². The Morgan fingerprint density at radius 3 is 2.44 bits per heavy atom. The smallest absolute Gasteiger partial charge is 0.160 e. The number of benzene rings is 1. The first-order valence-corrected chi connectivity index (χ1v) is 5.67. The maximum atomic E-state index is 13.0. The van der Waals surface area contributed by atoms with Crippen LogP contribution >= 0.6 is 11.6 Å². The third kappa shape index (κ3) is 2.92. The van der Waals surface area contributed by atoms with Crippen LogP contribution in [0.15, 0.2) is 12.1 Å². The summed E-state index contributed by atoms with van der Waals surface area (Å²) in [6, 6.07) is 1.86. The highest BCUT2D eigenvalue weighted by molar-refractivity contribution is 6.31. The van der Waals surface area contributed by atoms with E-state index in [4.69, 9.17) is 11.6 Å². The molecule has 0 radical (unpaired) electrons. The summed E-state index contributed by atoms with van der Waals surface area (Å²) < 4.78 is 25.9. The van der Waals surface area contributed by atoms with Crippen molar-refractivity contribution < 1.29 is 13.9 Å². The monoisotopic (exact) mass is 248 g/mol. The molecule has 0 fully saturated rings. The molecule has 0 amide bonds. The van der Waals surface area contributed by atoms with Gasteiger partial charge in [-0.15, -0.1) is 0 Å². The molecule has 90 valence electrons. The minimum absolute atomic E-state index is 0.0349. The number of hydrogen-bond donors (Lipinski definition) is 1. The SMILES string of the molecule is CCCC(C)C(O)c1cc(F)c(F)cc1Cl. The summed E-state index contributed by atoms with van der Waals surface area (Å²) in [6.45, 7) is 3.85. The first-order valence-electron chi connectivity index (χ1n) is 5.29. The minimum Gasteiger partial charge on any atom is -0.388 e. The van der Waals surface area contributed by atoms with E-state index in [1.807, 2.05) is 13.8 Å². The van der Waals surface area contributed by atoms with Crippen molar-refractivity contribution in [2.45, 2.75) is 32.8 Å². The van der Waals surface area contributed by atoms with Gasteiger partial charge < -0.3 is 5.11 Å². The van der Waals surface area contributed by atoms with Crippen LogP contribution in [0.4, 0.5) is 8.78 Å². The average molecular weight is 249 g/mol. The van der Waals surface area contributed by atoms with Gasteiger partial charge in [0.05, 0.1) is 6.10 Å². The Labute approximate surface area is 99.0 Å². The molecule has 1 nitrogen and oxygen atoms in total. The van der Waals surface area contributed by atoms with Crippen molar-refractivity contribution in [2.75, 3.05) is 0 Å². The summed E-state index contributed by atoms with van der Waals surface area (Å²) in [5.41, 5.74) is 0.251. The normalized spacial score (nSPS) is 14.9. The van der Waals surface area contributed by atoms with E-state index in [2.05, 4.69) is 0 Å². The fraction of sp³-hybridized carbons (Fsp3) is 0.500. The summed E-state index contributed by atoms with van der Waals surface area (Å²) in [4.78, 5) is 0. The Morgan fingerprint density at radius 2 is 1.88 bits per heavy atom. The van der Waals surface area contributed by atoms with Gasteiger partial charge in [-0.25, -0.2) is 8.78 Å². The molecule has 1 aromatic rings. The minimum atomic E-state index is -0.996. The zero-order valence-electron chi connectivity index (χ0n) is 9.30. The predicted octanol–water partition coefficient (Wildman–Crippen LogP) is 4.09. The zero-order valence-corrected chi connectivity index (χ0v) is 10.1. The molecular weight excluding hydrogens is 234 g/mol. The van der Waals surface area contributed by atoms with E-state index >= 15 is 0 Å². The molecule has 1 aromatic carbocycles. The molecule has 16 heavy (non-hydrogen) atoms. The van der Waals surface area contributed by atoms with E-state index in [-0.39, 0.29) is 16.5 Å². The van der Waals surface area contributed by atoms with Crippen molar-refractivity contribution in [3.63, 3.8) is 0 Å². The fourth-order valence-corrected chi connectivity index (χ4v) is 1.95. The summed E-state index contributed by atoms with van der Waals surface area (Å²) in [5.74, 6) is -2.02. The summed E-state index contributed by atoms with van der Waals surface area (Å²) >= 11 is 5.77. The van der Waals surface area contributed by atoms with Crippen molar-refractivity contribution in [1.29, 1.82) is 0 Å². The topological polar surface area (TPSA) is 20.2 Å². The van der Waals surface area contributed by atoms with Gasteiger partial charge in [-0.1, -0.05) is 31.9 Å². The molecular formula is C12H15ClF2O. The molecule has 2 unspecified atom stereocenters. The van der Waals surface area contributed by atoms with E-state index in [9.17, 15) is 13.9 Å². The lowest BCUT2D eigenvalue weighted by Gasteiger charge is -2.19. The van der Waals surface area contributed by atoms with Crippen LogP contribution in [0.3, 0.4) is 0 Å². The molecule has 1 rings (SSSR count). The summed E-state index contributed by atoms with van der Waals surface area (Å²) in [7, 11) is 0. The molecule has 0 aliphatic rings. The van der Waals surface area contributed by atoms with Crippen LogP contribution in [0.1, 0.15) is 38.4 Å². The molecule has 4 heteroatoms. The number of hydrogen-bond acceptors (Lipinski definition) is 1. The van der Waals surface area contributed by atoms with Crippen LogP contribution < -0.4 is 0 Å². The van der Waals surface area contributed by atoms with Gasteiger partial charge >= 0.3 is 0 Å². The van der Waals surface area contributed by atoms with Gasteiger partial charge in [0, 0.05) is 10.6 Å². The second kappa shape index (κ2) is 5.60. The summed E-state index contributed by atoms with van der Waals surface area (Å²) in [5, 5.41) is 10.0. The van der Waals surface area contributed by atoms with Gasteiger partial charge in [0.1, 0.15) is 0 Å². The van der Waals surface area contributed by atoms with Crippen molar-refractivity contribution in [3.8, 4) is 0 Å². The number of aliphatic hydroxyl groups is 1. The molecule has 0 bridgehead atoms. The molecule has 0 aromatic heterocycles. The van der Waals surface area contributed by atoms with E-state index in [0.29, 0.717) is 0 Å². The maximum Gasteiger partial charge on any atom is 0.160 e. The van der Waals surface area contributed by atoms with E-state index in [0.717, 1.165) is 25.0 Å². The van der Waals surface area contributed by atoms with Crippen molar-refractivity contribution in [1.82, 2.24) is 0 Å². The Bertz CT molecular complexity index is 368. The molecule has 0 aliphatic carbocycles. The number of aliphatic hydroxyl groups excluding tert-OH is 1. The van der Waals surface area contributed by atoms with Crippen molar-refractivity contribution in [3.05, 3.63) is 34.4 Å². The molecule has 0 aliphatic heterocycles. The molecule has 0 saturated heterocycles. The largest absolute Gasteiger partial charge is 0.388 e. The highest BCUT2D eigenvalue weighted by atomic mass is 35.5. The van der Waals surface area contributed by atoms with Crippen LogP contribution in [-0.2, 0) is 0 Å². The van der Waals surface area contributed by atoms with Gasteiger partial charge in [-0.3, -0.25) is 0 Å². The fourth-order valence-electron chi connectivity index (χ4n) is 1.68. The van der Waals surface area contributed by atoms with Crippen LogP contribution in [0.2, 0.25) is 5.02 Å². The second-order valence-corrected chi connectivity index (χ2v) is 4.41. The standard InChI is InChI=1S/C12H15ClF2O/c1-3-4-7(2)12(16)8-5-10(14)11(15)6-9(8)13/h5-7,12,16H,3-4H2,1-2H3. The van der Waals surface area contributed by atoms with Gasteiger partial charge in [-0.2, -0.15) is 0 Å². The van der Waals surface area contributed by atoms with Gasteiger partial charge in [0.25, 0.3) is 0 Å². The van der Waals surface area contributed by atoms with Gasteiger partial charge in [0.15, 0.2) is 11.6 Å². The van der Waals surface area contributed by atoms with E-state index in [1.54, 1.807) is 0 Å². The highest BCUT2D eigenvalue weighted by Crippen LogP contribution is 2.31. The van der Waals surface area contributed by atoms with Gasteiger partial charge in [-0.05, 0) is 24.5 Å². The lowest BCUT2D eigenvalue weighted by Crippen LogP contribution is -2.10. The predicted molar refractivity (Wildman–Crippen MR) is 60.4 cm³/mol. The van der Waals surface area contributed by atoms with Crippen LogP contribution in [-0.4, -0.2) is 5.11 Å². The number of halogens is 3. The lowest BCUT2D eigenvalue weighted by atomic mass is 9.93. The van der Waals surface area contributed by atoms with E-state index < -0.39 is 17.7 Å². The Balaban J connectivity index is 2.99. The molecule has 0 spiro atoms. The van der Waals surface area contributed by atoms with E-state index in [1.165, 1.54) is 0 Å². The first-order chi connectivity index (χ1) is 7.47. The first kappa shape index (κ1) is 13.4. The van der Waals surface area contributed by atoms with Crippen LogP contribution in [0.5, 0.6) is 0 Å². The molecule has 1 N–H and O–H groups in total. The molecule has 2 atom stereocenters. The molecule has 0 saturated carbocycles. The van der Waals surface area contributed by atoms with Crippen LogP contribution in [0, 0.1) is 17.6 Å². The number of rotatable bonds is 4. The zero-order chi connectivity index (χ0) is 12.3. The lowest BCUT2D eigenvalue weighted by molar-refractivity contribution is 0.112. The summed E-state index contributed by atoms with van der Waals surface area (Å²) in [6.07, 6.45) is 0.860. The Kier molecular flexibility index (Phi) is 4.69. The molecule has 0 heterocycles. The van der Waals surface area contributed by atoms with Crippen LogP contribution in [0.25, 0.3) is 0 Å². The highest BCUT2D eigenvalue weighted by Gasteiger charge is 2.20. The maximum absolute atomic E-state index is 13.0. The third-order valence-corrected chi connectivity index (χ3v) is 2.97.